The van der Waals surface area contributed by atoms with Gasteiger partial charge in [-0.15, -0.1) is 0 Å². The van der Waals surface area contributed by atoms with Gasteiger partial charge in [-0.1, -0.05) is 0 Å². The first-order valence-electron chi connectivity index (χ1n) is 9.64. The molecule has 170 valence electrons. The molecule has 1 rings (SSSR count). The lowest BCUT2D eigenvalue weighted by molar-refractivity contribution is -0.144. The van der Waals surface area contributed by atoms with E-state index in [4.69, 9.17) is 22.3 Å². The quantitative estimate of drug-likeness (QED) is 0.0977. The Kier molecular flexibility index (Phi) is 9.98. The molecule has 13 nitrogen and oxygen atoms in total. The molecule has 0 aromatic carbocycles. The summed E-state index contributed by atoms with van der Waals surface area (Å²) in [5.74, 6) is -3.15. The summed E-state index contributed by atoms with van der Waals surface area (Å²) in [6.45, 7) is 1.31. The highest BCUT2D eigenvalue weighted by atomic mass is 16.4. The van der Waals surface area contributed by atoms with Gasteiger partial charge in [-0.25, -0.2) is 0 Å². The number of aliphatic imine (C=N–C) groups is 1. The molecule has 10 N–H and O–H groups in total. The van der Waals surface area contributed by atoms with Crippen molar-refractivity contribution in [2.45, 2.75) is 56.8 Å². The van der Waals surface area contributed by atoms with Crippen LogP contribution in [-0.4, -0.2) is 88.6 Å². The van der Waals surface area contributed by atoms with Crippen molar-refractivity contribution in [3.05, 3.63) is 0 Å². The molecule has 0 spiro atoms. The first-order valence-corrected chi connectivity index (χ1v) is 9.64. The molecule has 1 aliphatic heterocycles. The van der Waals surface area contributed by atoms with E-state index in [1.54, 1.807) is 0 Å². The number of nitrogens with one attached hydrogen (secondary N) is 2. The topological polar surface area (TPSA) is 226 Å². The first kappa shape index (κ1) is 25.1. The number of rotatable bonds is 11. The number of carboxylic acids is 1. The molecule has 1 saturated heterocycles. The molecule has 0 aliphatic carbocycles. The molecule has 1 heterocycles. The van der Waals surface area contributed by atoms with Gasteiger partial charge in [0.05, 0.1) is 12.1 Å². The summed E-state index contributed by atoms with van der Waals surface area (Å²) < 4.78 is 0. The van der Waals surface area contributed by atoms with Crippen LogP contribution in [0.2, 0.25) is 0 Å². The van der Waals surface area contributed by atoms with Crippen molar-refractivity contribution in [2.75, 3.05) is 19.6 Å². The Morgan fingerprint density at radius 1 is 1.27 bits per heavy atom. The van der Waals surface area contributed by atoms with Gasteiger partial charge in [0.1, 0.15) is 18.6 Å². The van der Waals surface area contributed by atoms with E-state index in [0.717, 1.165) is 0 Å². The molecular weight excluding hydrogens is 398 g/mol. The maximum atomic E-state index is 12.9. The number of hydrogen-bond donors (Lipinski definition) is 7. The Hall–Kier alpha value is -2.93. The molecular formula is C17H31N7O6. The molecule has 1 aliphatic rings. The van der Waals surface area contributed by atoms with Gasteiger partial charge < -0.3 is 42.9 Å². The predicted octanol–water partition coefficient (Wildman–Crippen LogP) is -3.58. The number of carbonyl (C=O) groups is 4. The highest BCUT2D eigenvalue weighted by molar-refractivity contribution is 5.94. The second-order valence-corrected chi connectivity index (χ2v) is 7.08. The van der Waals surface area contributed by atoms with Crippen LogP contribution in [0.4, 0.5) is 0 Å². The fourth-order valence-electron chi connectivity index (χ4n) is 3.06. The predicted molar refractivity (Wildman–Crippen MR) is 107 cm³/mol. The minimum atomic E-state index is -1.30. The Labute approximate surface area is 174 Å². The summed E-state index contributed by atoms with van der Waals surface area (Å²) in [6, 6.07) is -3.11. The van der Waals surface area contributed by atoms with Crippen molar-refractivity contribution in [3.63, 3.8) is 0 Å². The monoisotopic (exact) mass is 429 g/mol. The van der Waals surface area contributed by atoms with Gasteiger partial charge in [-0.3, -0.25) is 24.2 Å². The van der Waals surface area contributed by atoms with Crippen LogP contribution in [0.5, 0.6) is 0 Å². The average Bonchev–Trinajstić information content (AvgIpc) is 3.16. The molecule has 0 aromatic rings. The Morgan fingerprint density at radius 2 is 1.93 bits per heavy atom. The third-order valence-corrected chi connectivity index (χ3v) is 4.60. The van der Waals surface area contributed by atoms with Crippen LogP contribution in [0.15, 0.2) is 4.99 Å². The van der Waals surface area contributed by atoms with Crippen molar-refractivity contribution in [1.29, 1.82) is 0 Å². The maximum Gasteiger partial charge on any atom is 0.322 e. The van der Waals surface area contributed by atoms with E-state index in [2.05, 4.69) is 15.6 Å². The zero-order valence-electron chi connectivity index (χ0n) is 16.9. The molecule has 3 amide bonds. The van der Waals surface area contributed by atoms with Crippen LogP contribution >= 0.6 is 0 Å². The number of nitrogens with two attached hydrogens (primary N) is 3. The third kappa shape index (κ3) is 7.83. The number of nitrogens with zero attached hydrogens (tertiary/aromatic N) is 2. The highest BCUT2D eigenvalue weighted by Gasteiger charge is 2.39. The summed E-state index contributed by atoms with van der Waals surface area (Å²) in [5.41, 5.74) is 16.3. The molecule has 4 unspecified atom stereocenters. The average molecular weight is 429 g/mol. The van der Waals surface area contributed by atoms with Gasteiger partial charge in [0.25, 0.3) is 0 Å². The van der Waals surface area contributed by atoms with Crippen LogP contribution in [0.3, 0.4) is 0 Å². The van der Waals surface area contributed by atoms with E-state index in [9.17, 15) is 24.3 Å². The molecule has 0 bridgehead atoms. The van der Waals surface area contributed by atoms with Gasteiger partial charge >= 0.3 is 5.97 Å². The van der Waals surface area contributed by atoms with E-state index in [0.29, 0.717) is 25.8 Å². The number of carboxylic acid groups (broad SMARTS) is 1. The third-order valence-electron chi connectivity index (χ3n) is 4.60. The van der Waals surface area contributed by atoms with Crippen molar-refractivity contribution >= 4 is 29.7 Å². The van der Waals surface area contributed by atoms with Gasteiger partial charge in [-0.05, 0) is 32.6 Å². The lowest BCUT2D eigenvalue weighted by Gasteiger charge is -2.30. The van der Waals surface area contributed by atoms with Crippen LogP contribution in [-0.2, 0) is 19.2 Å². The first-order chi connectivity index (χ1) is 14.0. The van der Waals surface area contributed by atoms with Gasteiger partial charge in [0.2, 0.25) is 17.7 Å². The maximum absolute atomic E-state index is 12.9. The van der Waals surface area contributed by atoms with Crippen molar-refractivity contribution in [2.24, 2.45) is 22.2 Å². The summed E-state index contributed by atoms with van der Waals surface area (Å²) in [5, 5.41) is 23.4. The van der Waals surface area contributed by atoms with E-state index in [1.165, 1.54) is 11.8 Å². The van der Waals surface area contributed by atoms with Crippen LogP contribution < -0.4 is 27.8 Å². The SMILES string of the molecule is CC(O)C(NC(=O)C(N)CCCN=C(N)N)C(=O)N1CCCC1C(=O)NCC(=O)O. The molecule has 1 fully saturated rings. The largest absolute Gasteiger partial charge is 0.480 e. The van der Waals surface area contributed by atoms with Gasteiger partial charge in [-0.2, -0.15) is 0 Å². The van der Waals surface area contributed by atoms with Crippen molar-refractivity contribution in [1.82, 2.24) is 15.5 Å². The summed E-state index contributed by atoms with van der Waals surface area (Å²) in [7, 11) is 0. The fourth-order valence-corrected chi connectivity index (χ4v) is 3.06. The number of aliphatic carboxylic acids is 1. The Balaban J connectivity index is 2.72. The number of hydrogen-bond acceptors (Lipinski definition) is 7. The Bertz CT molecular complexity index is 665. The van der Waals surface area contributed by atoms with Crippen LogP contribution in [0.1, 0.15) is 32.6 Å². The second-order valence-electron chi connectivity index (χ2n) is 7.08. The molecule has 0 aromatic heterocycles. The highest BCUT2D eigenvalue weighted by Crippen LogP contribution is 2.19. The zero-order valence-corrected chi connectivity index (χ0v) is 16.9. The minimum absolute atomic E-state index is 0.0691. The van der Waals surface area contributed by atoms with E-state index in [1.807, 2.05) is 0 Å². The summed E-state index contributed by atoms with van der Waals surface area (Å²) in [6.07, 6.45) is 0.341. The van der Waals surface area contributed by atoms with Gasteiger partial charge in [0, 0.05) is 13.1 Å². The number of guanidine groups is 1. The number of carbonyl (C=O) groups excluding carboxylic acids is 3. The second kappa shape index (κ2) is 11.9. The number of aliphatic hydroxyl groups is 1. The lowest BCUT2D eigenvalue weighted by atomic mass is 10.1. The summed E-state index contributed by atoms with van der Waals surface area (Å²) >= 11 is 0. The zero-order chi connectivity index (χ0) is 22.8. The minimum Gasteiger partial charge on any atom is -0.480 e. The smallest absolute Gasteiger partial charge is 0.322 e. The molecule has 0 saturated carbocycles. The van der Waals surface area contributed by atoms with E-state index >= 15 is 0 Å². The lowest BCUT2D eigenvalue weighted by Crippen LogP contribution is -2.59. The van der Waals surface area contributed by atoms with Crippen LogP contribution in [0, 0.1) is 0 Å². The van der Waals surface area contributed by atoms with E-state index in [-0.39, 0.29) is 18.9 Å². The molecule has 0 radical (unpaired) electrons. The van der Waals surface area contributed by atoms with Gasteiger partial charge in [0.15, 0.2) is 5.96 Å². The molecule has 30 heavy (non-hydrogen) atoms. The standard InChI is InChI=1S/C17H31N7O6/c1-9(25)13(23-14(28)10(18)4-2-6-21-17(19)20)16(30)24-7-3-5-11(24)15(29)22-8-12(26)27/h9-11,13,25H,2-8,18H2,1H3,(H,22,29)(H,23,28)(H,26,27)(H4,19,20,21). The van der Waals surface area contributed by atoms with E-state index < -0.39 is 54.5 Å². The fraction of sp³-hybridized carbons (Fsp3) is 0.706. The molecule has 4 atom stereocenters. The number of aliphatic hydroxyl groups excluding tert-OH is 1. The number of likely N-dealkylation sites (tertiary alicyclic amines) is 1. The molecule has 13 heteroatoms. The Morgan fingerprint density at radius 3 is 2.50 bits per heavy atom. The summed E-state index contributed by atoms with van der Waals surface area (Å²) in [4.78, 5) is 53.1. The number of amides is 3. The normalized spacial score (nSPS) is 18.8. The van der Waals surface area contributed by atoms with Crippen molar-refractivity contribution < 1.29 is 29.4 Å². The van der Waals surface area contributed by atoms with Crippen molar-refractivity contribution in [3.8, 4) is 0 Å². The van der Waals surface area contributed by atoms with Crippen LogP contribution in [0.25, 0.3) is 0 Å².